The van der Waals surface area contributed by atoms with E-state index in [4.69, 9.17) is 14.2 Å². The van der Waals surface area contributed by atoms with Crippen LogP contribution in [-0.4, -0.2) is 31.8 Å². The number of rotatable bonds is 12. The molecule has 0 aromatic heterocycles. The quantitative estimate of drug-likeness (QED) is 0.111. The third kappa shape index (κ3) is 8.27. The second kappa shape index (κ2) is 15.0. The van der Waals surface area contributed by atoms with Crippen LogP contribution >= 0.6 is 23.5 Å². The second-order valence-electron chi connectivity index (χ2n) is 10.6. The van der Waals surface area contributed by atoms with Crippen LogP contribution in [0.5, 0.6) is 5.75 Å². The van der Waals surface area contributed by atoms with Crippen LogP contribution in [0.2, 0.25) is 0 Å². The van der Waals surface area contributed by atoms with E-state index in [1.165, 1.54) is 49.2 Å². The van der Waals surface area contributed by atoms with Crippen LogP contribution in [0.25, 0.3) is 0 Å². The first-order valence-corrected chi connectivity index (χ1v) is 15.5. The number of fused-ring (bicyclic) bond motifs is 1. The van der Waals surface area contributed by atoms with Crippen LogP contribution < -0.4 is 4.74 Å². The van der Waals surface area contributed by atoms with E-state index >= 15 is 0 Å². The van der Waals surface area contributed by atoms with Crippen LogP contribution in [0.1, 0.15) is 84.1 Å². The van der Waals surface area contributed by atoms with Crippen molar-refractivity contribution in [3.05, 3.63) is 27.5 Å². The maximum absolute atomic E-state index is 13.1. The number of thioether (sulfide) groups is 2. The van der Waals surface area contributed by atoms with Crippen LogP contribution in [-0.2, 0) is 19.1 Å². The number of esters is 2. The predicted octanol–water partition coefficient (Wildman–Crippen LogP) is 7.82. The molecule has 0 amide bonds. The Kier molecular flexibility index (Phi) is 12.1. The highest BCUT2D eigenvalue weighted by Crippen LogP contribution is 2.57. The lowest BCUT2D eigenvalue weighted by Gasteiger charge is -2.27. The van der Waals surface area contributed by atoms with Crippen LogP contribution in [0, 0.1) is 36.0 Å². The predicted molar refractivity (Wildman–Crippen MR) is 152 cm³/mol. The largest absolute Gasteiger partial charge is 0.461 e. The van der Waals surface area contributed by atoms with Crippen molar-refractivity contribution in [2.45, 2.75) is 101 Å². The third-order valence-corrected chi connectivity index (χ3v) is 10.5. The van der Waals surface area contributed by atoms with Gasteiger partial charge in [-0.2, -0.15) is 5.26 Å². The van der Waals surface area contributed by atoms with Crippen molar-refractivity contribution in [3.63, 3.8) is 0 Å². The Morgan fingerprint density at radius 3 is 2.47 bits per heavy atom. The van der Waals surface area contributed by atoms with Crippen molar-refractivity contribution in [2.24, 2.45) is 17.8 Å². The Morgan fingerprint density at radius 1 is 1.11 bits per heavy atom. The Labute approximate surface area is 236 Å². The number of ether oxygens (including phenoxy) is 3. The first-order chi connectivity index (χ1) is 18.3. The van der Waals surface area contributed by atoms with E-state index in [0.717, 1.165) is 47.0 Å². The summed E-state index contributed by atoms with van der Waals surface area (Å²) in [5.74, 6) is 1.11. The average Bonchev–Trinajstić information content (AvgIpc) is 3.37. The minimum Gasteiger partial charge on any atom is -0.461 e. The fraction of sp³-hybridized carbons (Fsp3) is 0.633. The molecule has 3 rings (SSSR count). The van der Waals surface area contributed by atoms with Gasteiger partial charge in [-0.1, -0.05) is 69.1 Å². The molecule has 1 aromatic carbocycles. The van der Waals surface area contributed by atoms with E-state index in [2.05, 4.69) is 13.8 Å². The minimum atomic E-state index is -0.643. The highest BCUT2D eigenvalue weighted by atomic mass is 32.2. The summed E-state index contributed by atoms with van der Waals surface area (Å²) < 4.78 is 17.0. The minimum absolute atomic E-state index is 0.0235. The molecule has 0 bridgehead atoms. The molecule has 208 valence electrons. The summed E-state index contributed by atoms with van der Waals surface area (Å²) in [6.45, 7) is 8.61. The molecule has 8 heteroatoms. The summed E-state index contributed by atoms with van der Waals surface area (Å²) in [7, 11) is 1.60. The van der Waals surface area contributed by atoms with Crippen molar-refractivity contribution in [3.8, 4) is 11.8 Å². The lowest BCUT2D eigenvalue weighted by atomic mass is 9.79. The molecule has 0 spiro atoms. The summed E-state index contributed by atoms with van der Waals surface area (Å²) in [4.78, 5) is 27.4. The van der Waals surface area contributed by atoms with Crippen molar-refractivity contribution in [1.29, 1.82) is 5.26 Å². The summed E-state index contributed by atoms with van der Waals surface area (Å²) in [6, 6.07) is 5.75. The highest BCUT2D eigenvalue weighted by Gasteiger charge is 2.32. The molecular weight excluding hydrogens is 518 g/mol. The van der Waals surface area contributed by atoms with E-state index < -0.39 is 5.97 Å². The summed E-state index contributed by atoms with van der Waals surface area (Å²) in [5, 5.41) is 9.71. The van der Waals surface area contributed by atoms with Gasteiger partial charge in [-0.05, 0) is 63.0 Å². The molecule has 1 fully saturated rings. The number of carbonyl (C=O) groups is 2. The standard InChI is InChI=1S/C30H41NO5S2/c1-6-19(2)8-7-9-22-11-13-23(14-12-22)28(32)36-25-15-10-20(3)26-27(25)38-30(37-26)24(18-31)29(33)35-17-16-21(4)34-5/h10,15,19,21-23H,6-9,11-14,16-17H2,1-5H3/b30-24+. The van der Waals surface area contributed by atoms with E-state index in [0.29, 0.717) is 22.3 Å². The lowest BCUT2D eigenvalue weighted by molar-refractivity contribution is -0.141. The summed E-state index contributed by atoms with van der Waals surface area (Å²) in [6.07, 6.45) is 9.50. The molecule has 38 heavy (non-hydrogen) atoms. The first-order valence-electron chi connectivity index (χ1n) is 13.8. The van der Waals surface area contributed by atoms with E-state index in [1.807, 2.05) is 32.0 Å². The Balaban J connectivity index is 1.60. The molecule has 2 atom stereocenters. The van der Waals surface area contributed by atoms with E-state index in [1.54, 1.807) is 7.11 Å². The van der Waals surface area contributed by atoms with Gasteiger partial charge in [-0.3, -0.25) is 4.79 Å². The van der Waals surface area contributed by atoms with E-state index in [-0.39, 0.29) is 30.2 Å². The summed E-state index contributed by atoms with van der Waals surface area (Å²) in [5.41, 5.74) is 0.981. The van der Waals surface area contributed by atoms with Crippen LogP contribution in [0.4, 0.5) is 0 Å². The van der Waals surface area contributed by atoms with Gasteiger partial charge in [0.25, 0.3) is 0 Å². The topological polar surface area (TPSA) is 85.6 Å². The van der Waals surface area contributed by atoms with Gasteiger partial charge in [-0.15, -0.1) is 0 Å². The number of hydrogen-bond acceptors (Lipinski definition) is 8. The number of nitrogens with zero attached hydrogens (tertiary/aromatic N) is 1. The maximum Gasteiger partial charge on any atom is 0.350 e. The molecule has 1 saturated carbocycles. The Bertz CT molecular complexity index is 1060. The van der Waals surface area contributed by atoms with Gasteiger partial charge in [0.1, 0.15) is 11.8 Å². The van der Waals surface area contributed by atoms with E-state index in [9.17, 15) is 14.9 Å². The number of aryl methyl sites for hydroxylation is 1. The average molecular weight is 560 g/mol. The monoisotopic (exact) mass is 559 g/mol. The second-order valence-corrected chi connectivity index (χ2v) is 12.9. The van der Waals surface area contributed by atoms with Crippen LogP contribution in [0.3, 0.4) is 0 Å². The molecule has 1 aromatic rings. The first kappa shape index (κ1) is 30.6. The zero-order valence-electron chi connectivity index (χ0n) is 23.3. The zero-order chi connectivity index (χ0) is 27.7. The van der Waals surface area contributed by atoms with Crippen molar-refractivity contribution < 1.29 is 23.8 Å². The van der Waals surface area contributed by atoms with Gasteiger partial charge in [0.05, 0.1) is 27.8 Å². The summed E-state index contributed by atoms with van der Waals surface area (Å²) >= 11 is 2.66. The van der Waals surface area contributed by atoms with Crippen LogP contribution in [0.15, 0.2) is 31.7 Å². The van der Waals surface area contributed by atoms with Gasteiger partial charge < -0.3 is 14.2 Å². The van der Waals surface area contributed by atoms with Gasteiger partial charge in [0, 0.05) is 18.4 Å². The van der Waals surface area contributed by atoms with Gasteiger partial charge >= 0.3 is 11.9 Å². The molecule has 0 saturated heterocycles. The molecule has 1 heterocycles. The van der Waals surface area contributed by atoms with Crippen molar-refractivity contribution >= 4 is 35.5 Å². The Hall–Kier alpha value is -1.95. The number of carbonyl (C=O) groups excluding carboxylic acids is 2. The lowest BCUT2D eigenvalue weighted by Crippen LogP contribution is -2.26. The van der Waals surface area contributed by atoms with Crippen molar-refractivity contribution in [1.82, 2.24) is 0 Å². The third-order valence-electron chi connectivity index (χ3n) is 7.74. The molecule has 2 unspecified atom stereocenters. The molecule has 1 aliphatic heterocycles. The van der Waals surface area contributed by atoms with Gasteiger partial charge in [-0.25, -0.2) is 4.79 Å². The van der Waals surface area contributed by atoms with Gasteiger partial charge in [0.2, 0.25) is 0 Å². The smallest absolute Gasteiger partial charge is 0.350 e. The molecule has 6 nitrogen and oxygen atoms in total. The molecule has 1 aliphatic carbocycles. The highest BCUT2D eigenvalue weighted by molar-refractivity contribution is 8.24. The number of benzene rings is 1. The number of methoxy groups -OCH3 is 1. The molecular formula is C30H41NO5S2. The Morgan fingerprint density at radius 2 is 1.82 bits per heavy atom. The molecule has 0 radical (unpaired) electrons. The molecule has 2 aliphatic rings. The number of nitriles is 1. The maximum atomic E-state index is 13.1. The van der Waals surface area contributed by atoms with Gasteiger partial charge in [0.15, 0.2) is 5.57 Å². The normalized spacial score (nSPS) is 21.7. The fourth-order valence-electron chi connectivity index (χ4n) is 4.78. The SMILES string of the molecule is CCC(C)CCCC1CCC(C(=O)Oc2ccc(C)c3c2S/C(=C(\C#N)C(=O)OCCC(C)OC)S3)CC1. The fourth-order valence-corrected chi connectivity index (χ4v) is 7.41. The zero-order valence-corrected chi connectivity index (χ0v) is 25.0. The molecule has 0 N–H and O–H groups in total. The van der Waals surface area contributed by atoms with Crippen molar-refractivity contribution in [2.75, 3.05) is 13.7 Å². The number of hydrogen-bond donors (Lipinski definition) is 0.